The van der Waals surface area contributed by atoms with E-state index in [-0.39, 0.29) is 24.2 Å². The van der Waals surface area contributed by atoms with Crippen LogP contribution in [0.3, 0.4) is 0 Å². The highest BCUT2D eigenvalue weighted by Gasteiger charge is 2.35. The van der Waals surface area contributed by atoms with E-state index < -0.39 is 5.92 Å². The molecule has 6 rings (SSSR count). The molecular formula is C22H19N3O3. The number of hydrogen-bond acceptors (Lipinski definition) is 5. The number of fused-ring (bicyclic) bond motifs is 5. The molecule has 2 unspecified atom stereocenters. The minimum Gasteiger partial charge on any atom is -0.460 e. The van der Waals surface area contributed by atoms with Crippen molar-refractivity contribution in [2.45, 2.75) is 44.9 Å². The van der Waals surface area contributed by atoms with Crippen molar-refractivity contribution in [1.82, 2.24) is 9.55 Å². The number of rotatable bonds is 0. The first-order valence-electron chi connectivity index (χ1n) is 9.68. The van der Waals surface area contributed by atoms with Crippen molar-refractivity contribution in [2.24, 2.45) is 5.73 Å². The zero-order chi connectivity index (χ0) is 19.2. The van der Waals surface area contributed by atoms with Crippen LogP contribution in [0.1, 0.15) is 53.1 Å². The molecule has 1 aromatic carbocycles. The number of carbonyl (C=O) groups is 1. The van der Waals surface area contributed by atoms with Crippen LogP contribution in [-0.2, 0) is 29.1 Å². The number of pyridine rings is 2. The molecule has 28 heavy (non-hydrogen) atoms. The van der Waals surface area contributed by atoms with Crippen LogP contribution in [0.5, 0.6) is 0 Å². The SMILES string of the molecule is CC1C(=O)OCc2c1cc1n(c2=O)Cc2c-1nc1cccc3c1c2C(N)CC3. The lowest BCUT2D eigenvalue weighted by Crippen LogP contribution is -2.31. The molecule has 140 valence electrons. The minimum absolute atomic E-state index is 0.0416. The fraction of sp³-hybridized carbons (Fsp3) is 0.318. The Morgan fingerprint density at radius 1 is 1.25 bits per heavy atom. The molecule has 0 spiro atoms. The van der Waals surface area contributed by atoms with Crippen LogP contribution in [0.25, 0.3) is 22.3 Å². The third-order valence-corrected chi connectivity index (χ3v) is 6.51. The molecule has 1 aliphatic carbocycles. The zero-order valence-corrected chi connectivity index (χ0v) is 15.5. The molecule has 2 atom stereocenters. The van der Waals surface area contributed by atoms with Gasteiger partial charge in [0.1, 0.15) is 6.61 Å². The fourth-order valence-corrected chi connectivity index (χ4v) is 5.05. The van der Waals surface area contributed by atoms with Gasteiger partial charge in [0, 0.05) is 17.0 Å². The maximum absolute atomic E-state index is 13.2. The molecule has 3 aliphatic rings. The van der Waals surface area contributed by atoms with E-state index in [4.69, 9.17) is 15.5 Å². The van der Waals surface area contributed by atoms with Crippen LogP contribution in [0.2, 0.25) is 0 Å². The van der Waals surface area contributed by atoms with Gasteiger partial charge in [-0.1, -0.05) is 12.1 Å². The summed E-state index contributed by atoms with van der Waals surface area (Å²) in [4.78, 5) is 30.1. The number of benzene rings is 1. The summed E-state index contributed by atoms with van der Waals surface area (Å²) in [6, 6.07) is 8.09. The van der Waals surface area contributed by atoms with Crippen LogP contribution in [-0.4, -0.2) is 15.5 Å². The van der Waals surface area contributed by atoms with Crippen molar-refractivity contribution in [3.8, 4) is 11.4 Å². The van der Waals surface area contributed by atoms with Gasteiger partial charge in [0.05, 0.1) is 34.9 Å². The molecule has 0 fully saturated rings. The molecule has 2 N–H and O–H groups in total. The summed E-state index contributed by atoms with van der Waals surface area (Å²) < 4.78 is 6.96. The van der Waals surface area contributed by atoms with Crippen molar-refractivity contribution >= 4 is 16.9 Å². The normalized spacial score (nSPS) is 21.9. The summed E-state index contributed by atoms with van der Waals surface area (Å²) in [5.41, 5.74) is 13.8. The van der Waals surface area contributed by atoms with Gasteiger partial charge in [-0.3, -0.25) is 9.59 Å². The maximum atomic E-state index is 13.2. The van der Waals surface area contributed by atoms with Gasteiger partial charge in [0.2, 0.25) is 0 Å². The topological polar surface area (TPSA) is 87.2 Å². The van der Waals surface area contributed by atoms with Crippen LogP contribution >= 0.6 is 0 Å². The van der Waals surface area contributed by atoms with E-state index in [1.165, 1.54) is 5.56 Å². The van der Waals surface area contributed by atoms with Gasteiger partial charge >= 0.3 is 5.97 Å². The summed E-state index contributed by atoms with van der Waals surface area (Å²) >= 11 is 0. The summed E-state index contributed by atoms with van der Waals surface area (Å²) in [6.45, 7) is 2.30. The maximum Gasteiger partial charge on any atom is 0.313 e. The molecule has 6 nitrogen and oxygen atoms in total. The Morgan fingerprint density at radius 2 is 2.11 bits per heavy atom. The van der Waals surface area contributed by atoms with Crippen molar-refractivity contribution < 1.29 is 9.53 Å². The molecule has 2 aliphatic heterocycles. The van der Waals surface area contributed by atoms with E-state index in [0.717, 1.165) is 51.8 Å². The lowest BCUT2D eigenvalue weighted by Gasteiger charge is -2.25. The monoisotopic (exact) mass is 373 g/mol. The molecule has 2 aromatic heterocycles. The summed E-state index contributed by atoms with van der Waals surface area (Å²) in [5.74, 6) is -0.734. The number of cyclic esters (lactones) is 1. The van der Waals surface area contributed by atoms with E-state index in [9.17, 15) is 9.59 Å². The Balaban J connectivity index is 1.69. The standard InChI is InChI=1S/C22H19N3O3/c1-10-12-7-17-20-13(8-25(17)21(26)14(12)9-28-22(10)27)19-15(23)6-5-11-3-2-4-16(24-20)18(11)19/h2-4,7,10,15H,5-6,8-9,23H2,1H3. The second-order valence-electron chi connectivity index (χ2n) is 7.99. The first kappa shape index (κ1) is 16.0. The van der Waals surface area contributed by atoms with Crippen molar-refractivity contribution in [3.05, 3.63) is 62.4 Å². The van der Waals surface area contributed by atoms with Gasteiger partial charge in [-0.15, -0.1) is 0 Å². The number of aromatic nitrogens is 2. The number of aryl methyl sites for hydroxylation is 1. The predicted molar refractivity (Wildman–Crippen MR) is 104 cm³/mol. The lowest BCUT2D eigenvalue weighted by atomic mass is 9.84. The summed E-state index contributed by atoms with van der Waals surface area (Å²) in [6.07, 6.45) is 1.84. The largest absolute Gasteiger partial charge is 0.460 e. The summed E-state index contributed by atoms with van der Waals surface area (Å²) in [5, 5.41) is 1.15. The van der Waals surface area contributed by atoms with E-state index >= 15 is 0 Å². The first-order valence-corrected chi connectivity index (χ1v) is 9.68. The Bertz CT molecular complexity index is 1270. The molecule has 3 aromatic rings. The molecule has 0 saturated heterocycles. The Hall–Kier alpha value is -2.99. The fourth-order valence-electron chi connectivity index (χ4n) is 5.05. The van der Waals surface area contributed by atoms with Gasteiger partial charge in [0.15, 0.2) is 0 Å². The number of nitrogens with zero attached hydrogens (tertiary/aromatic N) is 2. The van der Waals surface area contributed by atoms with E-state index in [0.29, 0.717) is 12.1 Å². The average molecular weight is 373 g/mol. The van der Waals surface area contributed by atoms with Gasteiger partial charge < -0.3 is 15.0 Å². The lowest BCUT2D eigenvalue weighted by molar-refractivity contribution is -0.147. The van der Waals surface area contributed by atoms with E-state index in [1.54, 1.807) is 11.5 Å². The number of hydrogen-bond donors (Lipinski definition) is 1. The third-order valence-electron chi connectivity index (χ3n) is 6.51. The Morgan fingerprint density at radius 3 is 2.96 bits per heavy atom. The van der Waals surface area contributed by atoms with Gasteiger partial charge in [-0.05, 0) is 48.6 Å². The van der Waals surface area contributed by atoms with Gasteiger partial charge in [-0.2, -0.15) is 0 Å². The van der Waals surface area contributed by atoms with Gasteiger partial charge in [-0.25, -0.2) is 4.98 Å². The highest BCUT2D eigenvalue weighted by molar-refractivity contribution is 5.92. The molecule has 0 radical (unpaired) electrons. The highest BCUT2D eigenvalue weighted by Crippen LogP contribution is 2.43. The van der Waals surface area contributed by atoms with Crippen molar-refractivity contribution in [1.29, 1.82) is 0 Å². The summed E-state index contributed by atoms with van der Waals surface area (Å²) in [7, 11) is 0. The number of esters is 1. The molecular weight excluding hydrogens is 354 g/mol. The average Bonchev–Trinajstić information content (AvgIpc) is 3.06. The smallest absolute Gasteiger partial charge is 0.313 e. The second-order valence-corrected chi connectivity index (χ2v) is 7.99. The molecule has 0 bridgehead atoms. The predicted octanol–water partition coefficient (Wildman–Crippen LogP) is 2.53. The number of nitrogens with two attached hydrogens (primary N) is 1. The van der Waals surface area contributed by atoms with Crippen LogP contribution < -0.4 is 11.3 Å². The van der Waals surface area contributed by atoms with E-state index in [1.807, 2.05) is 18.2 Å². The minimum atomic E-state index is -0.445. The quantitative estimate of drug-likeness (QED) is 0.479. The molecule has 0 amide bonds. The second kappa shape index (κ2) is 5.29. The van der Waals surface area contributed by atoms with E-state index in [2.05, 4.69) is 6.07 Å². The highest BCUT2D eigenvalue weighted by atomic mass is 16.5. The third kappa shape index (κ3) is 1.88. The first-order chi connectivity index (χ1) is 13.5. The number of ether oxygens (including phenoxy) is 1. The zero-order valence-electron chi connectivity index (χ0n) is 15.5. The van der Waals surface area contributed by atoms with Crippen LogP contribution in [0.4, 0.5) is 0 Å². The van der Waals surface area contributed by atoms with Crippen molar-refractivity contribution in [2.75, 3.05) is 0 Å². The van der Waals surface area contributed by atoms with Crippen LogP contribution in [0.15, 0.2) is 29.1 Å². The molecule has 0 saturated carbocycles. The van der Waals surface area contributed by atoms with Gasteiger partial charge in [0.25, 0.3) is 5.56 Å². The Kier molecular flexibility index (Phi) is 3.03. The van der Waals surface area contributed by atoms with Crippen LogP contribution in [0, 0.1) is 0 Å². The van der Waals surface area contributed by atoms with Crippen molar-refractivity contribution in [3.63, 3.8) is 0 Å². The Labute approximate surface area is 160 Å². The molecule has 4 heterocycles. The number of carbonyl (C=O) groups excluding carboxylic acids is 1. The molecule has 6 heteroatoms.